The number of aromatic nitrogens is 4. The molecule has 1 aliphatic heterocycles. The standard InChI is InChI=1S/C23H17F4N5O2S/c1-12-4-2-3-5-18(12)32-20-15(10-28-32)21(34)31-14(11-35-22(31)30-20)9-19(33)29-13-6-7-17(24)16(8-13)23(25,26)27/h2-8,10,14H,9,11H2,1H3,(H,29,33). The Balaban J connectivity index is 1.41. The summed E-state index contributed by atoms with van der Waals surface area (Å²) in [5, 5.41) is 7.41. The Kier molecular flexibility index (Phi) is 5.62. The quantitative estimate of drug-likeness (QED) is 0.322. The molecule has 0 radical (unpaired) electrons. The van der Waals surface area contributed by atoms with Crippen molar-refractivity contribution in [3.05, 3.63) is 76.0 Å². The van der Waals surface area contributed by atoms with Crippen molar-refractivity contribution in [3.63, 3.8) is 0 Å². The third-order valence-corrected chi connectivity index (χ3v) is 6.79. The van der Waals surface area contributed by atoms with E-state index in [-0.39, 0.29) is 17.7 Å². The van der Waals surface area contributed by atoms with Crippen molar-refractivity contribution in [1.29, 1.82) is 0 Å². The predicted octanol–water partition coefficient (Wildman–Crippen LogP) is 4.72. The summed E-state index contributed by atoms with van der Waals surface area (Å²) in [5.41, 5.74) is 0.140. The van der Waals surface area contributed by atoms with Crippen LogP contribution in [-0.4, -0.2) is 31.0 Å². The van der Waals surface area contributed by atoms with Crippen LogP contribution in [0.1, 0.15) is 23.6 Å². The Morgan fingerprint density at radius 3 is 2.74 bits per heavy atom. The molecule has 2 aromatic heterocycles. The molecule has 0 aliphatic carbocycles. The molecule has 0 bridgehead atoms. The van der Waals surface area contributed by atoms with Crippen LogP contribution in [0.4, 0.5) is 23.2 Å². The van der Waals surface area contributed by atoms with E-state index in [1.165, 1.54) is 22.5 Å². The molecule has 2 aromatic carbocycles. The maximum Gasteiger partial charge on any atom is 0.419 e. The smallest absolute Gasteiger partial charge is 0.326 e. The fourth-order valence-corrected chi connectivity index (χ4v) is 5.13. The van der Waals surface area contributed by atoms with Gasteiger partial charge in [0.05, 0.1) is 23.5 Å². The van der Waals surface area contributed by atoms with Crippen molar-refractivity contribution in [3.8, 4) is 5.69 Å². The van der Waals surface area contributed by atoms with Crippen molar-refractivity contribution in [2.45, 2.75) is 30.7 Å². The molecule has 3 heterocycles. The van der Waals surface area contributed by atoms with Crippen molar-refractivity contribution >= 4 is 34.4 Å². The number of nitrogens with zero attached hydrogens (tertiary/aromatic N) is 4. The van der Waals surface area contributed by atoms with E-state index in [4.69, 9.17) is 0 Å². The first-order valence-corrected chi connectivity index (χ1v) is 11.5. The molecule has 4 aromatic rings. The summed E-state index contributed by atoms with van der Waals surface area (Å²) in [6.45, 7) is 1.92. The largest absolute Gasteiger partial charge is 0.419 e. The number of aryl methyl sites for hydroxylation is 1. The summed E-state index contributed by atoms with van der Waals surface area (Å²) in [7, 11) is 0. The molecule has 0 saturated carbocycles. The van der Waals surface area contributed by atoms with E-state index in [0.717, 1.165) is 17.3 Å². The second-order valence-electron chi connectivity index (χ2n) is 8.06. The topological polar surface area (TPSA) is 81.8 Å². The maximum atomic E-state index is 13.5. The van der Waals surface area contributed by atoms with Crippen LogP contribution >= 0.6 is 11.8 Å². The fourth-order valence-electron chi connectivity index (χ4n) is 4.00. The van der Waals surface area contributed by atoms with Gasteiger partial charge in [0.2, 0.25) is 5.91 Å². The summed E-state index contributed by atoms with van der Waals surface area (Å²) in [5.74, 6) is -1.65. The lowest BCUT2D eigenvalue weighted by Gasteiger charge is -2.15. The highest BCUT2D eigenvalue weighted by Crippen LogP contribution is 2.35. The molecule has 180 valence electrons. The summed E-state index contributed by atoms with van der Waals surface area (Å²) in [6.07, 6.45) is -3.63. The van der Waals surface area contributed by atoms with Gasteiger partial charge in [-0.1, -0.05) is 30.0 Å². The highest BCUT2D eigenvalue weighted by molar-refractivity contribution is 7.99. The van der Waals surface area contributed by atoms with Crippen LogP contribution in [-0.2, 0) is 11.0 Å². The average molecular weight is 503 g/mol. The normalized spacial score (nSPS) is 15.4. The van der Waals surface area contributed by atoms with E-state index in [2.05, 4.69) is 15.4 Å². The van der Waals surface area contributed by atoms with Gasteiger partial charge < -0.3 is 5.32 Å². The molecule has 0 saturated heterocycles. The summed E-state index contributed by atoms with van der Waals surface area (Å²) < 4.78 is 55.4. The van der Waals surface area contributed by atoms with Gasteiger partial charge in [-0.2, -0.15) is 18.3 Å². The van der Waals surface area contributed by atoms with Crippen LogP contribution in [0.25, 0.3) is 16.7 Å². The van der Waals surface area contributed by atoms with Crippen LogP contribution in [0.2, 0.25) is 0 Å². The molecule has 5 rings (SSSR count). The lowest BCUT2D eigenvalue weighted by molar-refractivity contribution is -0.140. The SMILES string of the molecule is Cc1ccccc1-n1ncc2c(=O)n3c(nc21)SCC3CC(=O)Nc1ccc(F)c(C(F)(F)F)c1. The molecule has 1 aliphatic rings. The zero-order valence-electron chi connectivity index (χ0n) is 18.1. The van der Waals surface area contributed by atoms with Gasteiger partial charge in [-0.25, -0.2) is 14.1 Å². The minimum Gasteiger partial charge on any atom is -0.326 e. The first-order chi connectivity index (χ1) is 16.6. The first kappa shape index (κ1) is 23.1. The molecule has 35 heavy (non-hydrogen) atoms. The molecule has 0 fully saturated rings. The van der Waals surface area contributed by atoms with Crippen molar-refractivity contribution < 1.29 is 22.4 Å². The number of alkyl halides is 3. The Labute approximate surface area is 199 Å². The van der Waals surface area contributed by atoms with Crippen molar-refractivity contribution in [1.82, 2.24) is 19.3 Å². The molecule has 1 amide bonds. The predicted molar refractivity (Wildman–Crippen MR) is 122 cm³/mol. The van der Waals surface area contributed by atoms with E-state index >= 15 is 0 Å². The van der Waals surface area contributed by atoms with Gasteiger partial charge >= 0.3 is 6.18 Å². The number of amides is 1. The Morgan fingerprint density at radius 2 is 2.00 bits per heavy atom. The third kappa shape index (κ3) is 4.18. The second kappa shape index (κ2) is 8.52. The van der Waals surface area contributed by atoms with Crippen LogP contribution in [0.5, 0.6) is 0 Å². The Bertz CT molecular complexity index is 1530. The molecule has 12 heteroatoms. The highest BCUT2D eigenvalue weighted by Gasteiger charge is 2.35. The number of anilines is 1. The molecule has 7 nitrogen and oxygen atoms in total. The maximum absolute atomic E-state index is 13.5. The summed E-state index contributed by atoms with van der Waals surface area (Å²) in [6, 6.07) is 9.24. The highest BCUT2D eigenvalue weighted by atomic mass is 32.2. The van der Waals surface area contributed by atoms with Crippen LogP contribution in [0.15, 0.2) is 58.6 Å². The zero-order valence-corrected chi connectivity index (χ0v) is 19.0. The van der Waals surface area contributed by atoms with E-state index in [1.54, 1.807) is 4.68 Å². The van der Waals surface area contributed by atoms with Gasteiger partial charge in [-0.05, 0) is 36.8 Å². The van der Waals surface area contributed by atoms with Crippen molar-refractivity contribution in [2.75, 3.05) is 11.1 Å². The number of fused-ring (bicyclic) bond motifs is 2. The van der Waals surface area contributed by atoms with E-state index in [9.17, 15) is 27.2 Å². The number of carbonyl (C=O) groups is 1. The van der Waals surface area contributed by atoms with Crippen molar-refractivity contribution in [2.24, 2.45) is 0 Å². The lowest BCUT2D eigenvalue weighted by Crippen LogP contribution is -2.27. The number of nitrogens with one attached hydrogen (secondary N) is 1. The third-order valence-electron chi connectivity index (χ3n) is 5.69. The summed E-state index contributed by atoms with van der Waals surface area (Å²) >= 11 is 1.30. The Morgan fingerprint density at radius 1 is 1.23 bits per heavy atom. The second-order valence-corrected chi connectivity index (χ2v) is 9.05. The number of halogens is 4. The molecular weight excluding hydrogens is 486 g/mol. The minimum atomic E-state index is -4.89. The number of hydrogen-bond acceptors (Lipinski definition) is 5. The average Bonchev–Trinajstić information content (AvgIpc) is 3.40. The van der Waals surface area contributed by atoms with Crippen LogP contribution < -0.4 is 10.9 Å². The number of thioether (sulfide) groups is 1. The monoisotopic (exact) mass is 503 g/mol. The molecule has 0 spiro atoms. The van der Waals surface area contributed by atoms with E-state index < -0.39 is 29.5 Å². The van der Waals surface area contributed by atoms with E-state index in [0.29, 0.717) is 34.1 Å². The van der Waals surface area contributed by atoms with Gasteiger partial charge in [0.15, 0.2) is 10.8 Å². The van der Waals surface area contributed by atoms with Gasteiger partial charge in [-0.15, -0.1) is 0 Å². The van der Waals surface area contributed by atoms with Gasteiger partial charge in [0.25, 0.3) is 5.56 Å². The van der Waals surface area contributed by atoms with Gasteiger partial charge in [-0.3, -0.25) is 14.2 Å². The number of hydrogen-bond donors (Lipinski definition) is 1. The van der Waals surface area contributed by atoms with Crippen LogP contribution in [0, 0.1) is 12.7 Å². The number of rotatable bonds is 4. The lowest BCUT2D eigenvalue weighted by atomic mass is 10.1. The first-order valence-electron chi connectivity index (χ1n) is 10.5. The Hall–Kier alpha value is -3.67. The molecule has 1 unspecified atom stereocenters. The van der Waals surface area contributed by atoms with Crippen LogP contribution in [0.3, 0.4) is 0 Å². The fraction of sp³-hybridized carbons (Fsp3) is 0.217. The number of para-hydroxylation sites is 1. The minimum absolute atomic E-state index is 0.169. The number of carbonyl (C=O) groups excluding carboxylic acids is 1. The summed E-state index contributed by atoms with van der Waals surface area (Å²) in [4.78, 5) is 30.4. The molecular formula is C23H17F4N5O2S. The van der Waals surface area contributed by atoms with E-state index in [1.807, 2.05) is 31.2 Å². The van der Waals surface area contributed by atoms with Gasteiger partial charge in [0, 0.05) is 17.9 Å². The number of benzene rings is 2. The molecule has 1 atom stereocenters. The molecule has 1 N–H and O–H groups in total. The van der Waals surface area contributed by atoms with Gasteiger partial charge in [0.1, 0.15) is 11.2 Å². The zero-order chi connectivity index (χ0) is 24.9.